The lowest BCUT2D eigenvalue weighted by Gasteiger charge is -2.25. The summed E-state index contributed by atoms with van der Waals surface area (Å²) in [5, 5.41) is 3.04. The van der Waals surface area contributed by atoms with Gasteiger partial charge in [0.05, 0.1) is 4.47 Å². The predicted molar refractivity (Wildman–Crippen MR) is 68.4 cm³/mol. The van der Waals surface area contributed by atoms with E-state index in [1.807, 2.05) is 0 Å². The Bertz CT molecular complexity index is 441. The maximum Gasteiger partial charge on any atom is 0.251 e. The van der Waals surface area contributed by atoms with E-state index in [1.165, 1.54) is 18.2 Å². The molecule has 0 aromatic heterocycles. The predicted octanol–water partition coefficient (Wildman–Crippen LogP) is 3.65. The molecule has 0 unspecified atom stereocenters. The Kier molecular flexibility index (Phi) is 3.52. The molecule has 1 N–H and O–H groups in total. The molecule has 0 radical (unpaired) electrons. The first-order valence-electron chi connectivity index (χ1n) is 5.78. The van der Waals surface area contributed by atoms with Crippen molar-refractivity contribution >= 4 is 21.8 Å². The van der Waals surface area contributed by atoms with Crippen LogP contribution in [0, 0.1) is 5.82 Å². The number of carbonyl (C=O) groups excluding carboxylic acids is 1. The van der Waals surface area contributed by atoms with Crippen molar-refractivity contribution in [2.24, 2.45) is 0 Å². The van der Waals surface area contributed by atoms with E-state index in [1.54, 1.807) is 0 Å². The number of amides is 1. The fourth-order valence-corrected chi connectivity index (χ4v) is 2.64. The zero-order chi connectivity index (χ0) is 12.5. The number of rotatable bonds is 2. The van der Waals surface area contributed by atoms with Gasteiger partial charge >= 0.3 is 0 Å². The van der Waals surface area contributed by atoms with Crippen molar-refractivity contribution in [3.8, 4) is 0 Å². The number of hydrogen-bond donors (Lipinski definition) is 1. The van der Waals surface area contributed by atoms with Gasteiger partial charge in [0.2, 0.25) is 0 Å². The molecule has 1 fully saturated rings. The molecule has 2 nitrogen and oxygen atoms in total. The van der Waals surface area contributed by atoms with Crippen molar-refractivity contribution in [2.75, 3.05) is 0 Å². The quantitative estimate of drug-likeness (QED) is 0.887. The minimum Gasteiger partial charge on any atom is -0.347 e. The lowest BCUT2D eigenvalue weighted by atomic mass is 10.00. The summed E-state index contributed by atoms with van der Waals surface area (Å²) >= 11 is 3.09. The smallest absolute Gasteiger partial charge is 0.251 e. The Morgan fingerprint density at radius 2 is 2.06 bits per heavy atom. The van der Waals surface area contributed by atoms with Crippen LogP contribution in [0.5, 0.6) is 0 Å². The second-order valence-corrected chi connectivity index (χ2v) is 5.71. The SMILES string of the molecule is CC1(NC(=O)c2ccc(F)c(Br)c2)CCCC1. The van der Waals surface area contributed by atoms with E-state index in [-0.39, 0.29) is 17.3 Å². The monoisotopic (exact) mass is 299 g/mol. The van der Waals surface area contributed by atoms with Crippen molar-refractivity contribution in [1.29, 1.82) is 0 Å². The first-order chi connectivity index (χ1) is 8.00. The van der Waals surface area contributed by atoms with E-state index in [0.717, 1.165) is 25.7 Å². The third-order valence-electron chi connectivity index (χ3n) is 3.30. The number of benzene rings is 1. The van der Waals surface area contributed by atoms with Crippen LogP contribution in [0.3, 0.4) is 0 Å². The van der Waals surface area contributed by atoms with Crippen molar-refractivity contribution < 1.29 is 9.18 Å². The summed E-state index contributed by atoms with van der Waals surface area (Å²) in [6.07, 6.45) is 4.34. The third-order valence-corrected chi connectivity index (χ3v) is 3.91. The molecule has 1 aliphatic rings. The standard InChI is InChI=1S/C13H15BrFNO/c1-13(6-2-3-7-13)16-12(17)9-4-5-11(15)10(14)8-9/h4-5,8H,2-3,6-7H2,1H3,(H,16,17). The average Bonchev–Trinajstić information content (AvgIpc) is 2.69. The van der Waals surface area contributed by atoms with Crippen LogP contribution in [0.2, 0.25) is 0 Å². The molecule has 2 rings (SSSR count). The first-order valence-corrected chi connectivity index (χ1v) is 6.57. The number of hydrogen-bond acceptors (Lipinski definition) is 1. The maximum atomic E-state index is 13.1. The van der Waals surface area contributed by atoms with Gasteiger partial charge in [-0.25, -0.2) is 4.39 Å². The van der Waals surface area contributed by atoms with Crippen LogP contribution in [0.1, 0.15) is 43.0 Å². The van der Waals surface area contributed by atoms with Gasteiger partial charge in [-0.3, -0.25) is 4.79 Å². The zero-order valence-corrected chi connectivity index (χ0v) is 11.3. The minimum atomic E-state index is -0.353. The summed E-state index contributed by atoms with van der Waals surface area (Å²) in [5.74, 6) is -0.483. The summed E-state index contributed by atoms with van der Waals surface area (Å²) in [6, 6.07) is 4.33. The maximum absolute atomic E-state index is 13.1. The second kappa shape index (κ2) is 4.77. The molecule has 0 heterocycles. The topological polar surface area (TPSA) is 29.1 Å². The third kappa shape index (κ3) is 2.86. The van der Waals surface area contributed by atoms with Crippen LogP contribution >= 0.6 is 15.9 Å². The molecule has 1 amide bonds. The molecule has 0 atom stereocenters. The molecule has 17 heavy (non-hydrogen) atoms. The van der Waals surface area contributed by atoms with Gasteiger partial charge in [0.15, 0.2) is 0 Å². The average molecular weight is 300 g/mol. The van der Waals surface area contributed by atoms with Gasteiger partial charge in [-0.15, -0.1) is 0 Å². The van der Waals surface area contributed by atoms with E-state index >= 15 is 0 Å². The summed E-state index contributed by atoms with van der Waals surface area (Å²) < 4.78 is 13.4. The minimum absolute atomic E-state index is 0.0993. The van der Waals surface area contributed by atoms with Crippen molar-refractivity contribution in [1.82, 2.24) is 5.32 Å². The molecule has 1 saturated carbocycles. The highest BCUT2D eigenvalue weighted by Gasteiger charge is 2.30. The van der Waals surface area contributed by atoms with Gasteiger partial charge < -0.3 is 5.32 Å². The lowest BCUT2D eigenvalue weighted by Crippen LogP contribution is -2.43. The molecule has 0 bridgehead atoms. The van der Waals surface area contributed by atoms with E-state index < -0.39 is 0 Å². The molecule has 1 aliphatic carbocycles. The van der Waals surface area contributed by atoms with Gasteiger partial charge in [0.1, 0.15) is 5.82 Å². The Morgan fingerprint density at radius 3 is 2.65 bits per heavy atom. The van der Waals surface area contributed by atoms with Gasteiger partial charge in [-0.2, -0.15) is 0 Å². The Balaban J connectivity index is 2.11. The van der Waals surface area contributed by atoms with E-state index in [9.17, 15) is 9.18 Å². The summed E-state index contributed by atoms with van der Waals surface area (Å²) in [7, 11) is 0. The molecule has 92 valence electrons. The van der Waals surface area contributed by atoms with Crippen LogP contribution in [-0.2, 0) is 0 Å². The van der Waals surface area contributed by atoms with Crippen molar-refractivity contribution in [2.45, 2.75) is 38.1 Å². The van der Waals surface area contributed by atoms with Crippen LogP contribution in [0.25, 0.3) is 0 Å². The zero-order valence-electron chi connectivity index (χ0n) is 9.72. The Hall–Kier alpha value is -0.900. The van der Waals surface area contributed by atoms with E-state index in [2.05, 4.69) is 28.2 Å². The highest BCUT2D eigenvalue weighted by atomic mass is 79.9. The molecule has 1 aromatic rings. The molecule has 0 aliphatic heterocycles. The fourth-order valence-electron chi connectivity index (χ4n) is 2.26. The number of carbonyl (C=O) groups is 1. The summed E-state index contributed by atoms with van der Waals surface area (Å²) in [6.45, 7) is 2.07. The normalized spacial score (nSPS) is 18.1. The summed E-state index contributed by atoms with van der Waals surface area (Å²) in [4.78, 5) is 12.0. The molecular formula is C13H15BrFNO. The molecular weight excluding hydrogens is 285 g/mol. The van der Waals surface area contributed by atoms with Crippen LogP contribution < -0.4 is 5.32 Å². The lowest BCUT2D eigenvalue weighted by molar-refractivity contribution is 0.0908. The highest BCUT2D eigenvalue weighted by molar-refractivity contribution is 9.10. The van der Waals surface area contributed by atoms with Crippen molar-refractivity contribution in [3.63, 3.8) is 0 Å². The number of nitrogens with one attached hydrogen (secondary N) is 1. The Morgan fingerprint density at radius 1 is 1.41 bits per heavy atom. The highest BCUT2D eigenvalue weighted by Crippen LogP contribution is 2.29. The van der Waals surface area contributed by atoms with Gasteiger partial charge in [0, 0.05) is 11.1 Å². The van der Waals surface area contributed by atoms with Gasteiger partial charge in [-0.1, -0.05) is 12.8 Å². The van der Waals surface area contributed by atoms with Crippen molar-refractivity contribution in [3.05, 3.63) is 34.1 Å². The van der Waals surface area contributed by atoms with Crippen LogP contribution in [0.4, 0.5) is 4.39 Å². The van der Waals surface area contributed by atoms with Crippen LogP contribution in [0.15, 0.2) is 22.7 Å². The molecule has 0 spiro atoms. The summed E-state index contributed by atoms with van der Waals surface area (Å²) in [5.41, 5.74) is 0.393. The molecule has 0 saturated heterocycles. The van der Waals surface area contributed by atoms with E-state index in [0.29, 0.717) is 10.0 Å². The molecule has 4 heteroatoms. The number of halogens is 2. The van der Waals surface area contributed by atoms with Gasteiger partial charge in [-0.05, 0) is 53.9 Å². The van der Waals surface area contributed by atoms with Crippen LogP contribution in [-0.4, -0.2) is 11.4 Å². The largest absolute Gasteiger partial charge is 0.347 e. The first kappa shape index (κ1) is 12.6. The second-order valence-electron chi connectivity index (χ2n) is 4.85. The Labute approximate surface area is 109 Å². The fraction of sp³-hybridized carbons (Fsp3) is 0.462. The van der Waals surface area contributed by atoms with E-state index in [4.69, 9.17) is 0 Å². The molecule has 1 aromatic carbocycles. The van der Waals surface area contributed by atoms with Gasteiger partial charge in [0.25, 0.3) is 5.91 Å².